The molecule has 1 aromatic rings. The summed E-state index contributed by atoms with van der Waals surface area (Å²) in [7, 11) is -1.52. The molecular formula is C19H28N2O4S. The predicted molar refractivity (Wildman–Crippen MR) is 100 cm³/mol. The number of hydrogen-bond acceptors (Lipinski definition) is 4. The topological polar surface area (TPSA) is 75.7 Å². The number of methoxy groups -OCH3 is 1. The van der Waals surface area contributed by atoms with E-state index in [1.54, 1.807) is 7.11 Å². The first-order valence-corrected chi connectivity index (χ1v) is 11.1. The molecule has 3 rings (SSSR count). The average Bonchev–Trinajstić information content (AvgIpc) is 3.10. The lowest BCUT2D eigenvalue weighted by Gasteiger charge is -2.36. The van der Waals surface area contributed by atoms with E-state index in [2.05, 4.69) is 5.32 Å². The van der Waals surface area contributed by atoms with E-state index in [0.29, 0.717) is 25.9 Å². The van der Waals surface area contributed by atoms with Crippen LogP contribution in [0.25, 0.3) is 0 Å². The normalized spacial score (nSPS) is 21.5. The third-order valence-corrected chi connectivity index (χ3v) is 7.04. The van der Waals surface area contributed by atoms with Gasteiger partial charge in [0.05, 0.1) is 18.9 Å². The minimum atomic E-state index is -3.18. The van der Waals surface area contributed by atoms with Crippen molar-refractivity contribution in [2.75, 3.05) is 26.5 Å². The van der Waals surface area contributed by atoms with Gasteiger partial charge in [-0.1, -0.05) is 31.0 Å². The Hall–Kier alpha value is -1.60. The smallest absolute Gasteiger partial charge is 0.223 e. The van der Waals surface area contributed by atoms with Crippen LogP contribution in [0.4, 0.5) is 0 Å². The van der Waals surface area contributed by atoms with Crippen LogP contribution in [0.5, 0.6) is 5.75 Å². The summed E-state index contributed by atoms with van der Waals surface area (Å²) in [5, 5.41) is 3.32. The summed E-state index contributed by atoms with van der Waals surface area (Å²) in [6.07, 6.45) is 6.32. The first-order chi connectivity index (χ1) is 12.4. The van der Waals surface area contributed by atoms with Crippen molar-refractivity contribution in [3.05, 3.63) is 29.8 Å². The van der Waals surface area contributed by atoms with Gasteiger partial charge < -0.3 is 10.1 Å². The van der Waals surface area contributed by atoms with Crippen LogP contribution in [0, 0.1) is 5.92 Å². The maximum atomic E-state index is 13.0. The number of sulfonamides is 1. The standard InChI is InChI=1S/C19H28N2O4S/c1-25-17-8-4-3-7-16(17)19(11-5-6-12-19)20-18(22)15-9-13-21(14-10-15)26(2,23)24/h3-4,7-8,15H,5-6,9-14H2,1-2H3,(H,20,22). The molecule has 144 valence electrons. The highest BCUT2D eigenvalue weighted by Gasteiger charge is 2.41. The van der Waals surface area contributed by atoms with E-state index >= 15 is 0 Å². The largest absolute Gasteiger partial charge is 0.496 e. The number of nitrogens with zero attached hydrogens (tertiary/aromatic N) is 1. The molecule has 0 unspecified atom stereocenters. The first-order valence-electron chi connectivity index (χ1n) is 9.26. The van der Waals surface area contributed by atoms with Gasteiger partial charge >= 0.3 is 0 Å². The predicted octanol–water partition coefficient (Wildman–Crippen LogP) is 2.25. The molecule has 1 saturated carbocycles. The third kappa shape index (κ3) is 3.88. The van der Waals surface area contributed by atoms with Crippen molar-refractivity contribution < 1.29 is 17.9 Å². The maximum Gasteiger partial charge on any atom is 0.223 e. The lowest BCUT2D eigenvalue weighted by atomic mass is 9.85. The van der Waals surface area contributed by atoms with E-state index in [-0.39, 0.29) is 17.4 Å². The van der Waals surface area contributed by atoms with E-state index < -0.39 is 10.0 Å². The molecule has 1 heterocycles. The lowest BCUT2D eigenvalue weighted by molar-refractivity contribution is -0.128. The molecule has 0 atom stereocenters. The van der Waals surface area contributed by atoms with Gasteiger partial charge in [-0.2, -0.15) is 0 Å². The van der Waals surface area contributed by atoms with Crippen molar-refractivity contribution in [2.24, 2.45) is 5.92 Å². The highest BCUT2D eigenvalue weighted by molar-refractivity contribution is 7.88. The van der Waals surface area contributed by atoms with Crippen molar-refractivity contribution in [1.82, 2.24) is 9.62 Å². The van der Waals surface area contributed by atoms with Crippen molar-refractivity contribution in [3.63, 3.8) is 0 Å². The number of nitrogens with one attached hydrogen (secondary N) is 1. The van der Waals surface area contributed by atoms with Crippen molar-refractivity contribution >= 4 is 15.9 Å². The SMILES string of the molecule is COc1ccccc1C1(NC(=O)C2CCN(S(C)(=O)=O)CC2)CCCC1. The van der Waals surface area contributed by atoms with Gasteiger partial charge in [0, 0.05) is 24.6 Å². The molecule has 2 fully saturated rings. The number of carbonyl (C=O) groups excluding carboxylic acids is 1. The third-order valence-electron chi connectivity index (χ3n) is 5.74. The summed E-state index contributed by atoms with van der Waals surface area (Å²) in [5.41, 5.74) is 0.666. The van der Waals surface area contributed by atoms with Crippen LogP contribution < -0.4 is 10.1 Å². The van der Waals surface area contributed by atoms with Crippen molar-refractivity contribution in [1.29, 1.82) is 0 Å². The van der Waals surface area contributed by atoms with Gasteiger partial charge in [0.1, 0.15) is 5.75 Å². The summed E-state index contributed by atoms with van der Waals surface area (Å²) < 4.78 is 30.3. The van der Waals surface area contributed by atoms with Crippen LogP contribution in [-0.4, -0.2) is 45.1 Å². The Morgan fingerprint density at radius 1 is 1.19 bits per heavy atom. The second-order valence-corrected chi connectivity index (χ2v) is 9.40. The molecule has 0 spiro atoms. The highest BCUT2D eigenvalue weighted by atomic mass is 32.2. The number of hydrogen-bond donors (Lipinski definition) is 1. The monoisotopic (exact) mass is 380 g/mol. The van der Waals surface area contributed by atoms with Crippen LogP contribution in [0.1, 0.15) is 44.1 Å². The van der Waals surface area contributed by atoms with Crippen LogP contribution in [0.15, 0.2) is 24.3 Å². The number of para-hydroxylation sites is 1. The van der Waals surface area contributed by atoms with Gasteiger partial charge in [0.2, 0.25) is 15.9 Å². The second-order valence-electron chi connectivity index (χ2n) is 7.42. The zero-order valence-corrected chi connectivity index (χ0v) is 16.3. The van der Waals surface area contributed by atoms with Gasteiger partial charge in [-0.3, -0.25) is 4.79 Å². The van der Waals surface area contributed by atoms with E-state index in [4.69, 9.17) is 4.74 Å². The second kappa shape index (κ2) is 7.56. The van der Waals surface area contributed by atoms with Crippen LogP contribution >= 0.6 is 0 Å². The first kappa shape index (κ1) is 19.2. The fourth-order valence-corrected chi connectivity index (χ4v) is 5.14. The molecule has 1 saturated heterocycles. The molecule has 0 radical (unpaired) electrons. The molecule has 7 heteroatoms. The molecule has 1 aliphatic heterocycles. The highest BCUT2D eigenvalue weighted by Crippen LogP contribution is 2.43. The van der Waals surface area contributed by atoms with E-state index in [1.165, 1.54) is 10.6 Å². The lowest BCUT2D eigenvalue weighted by Crippen LogP contribution is -2.49. The molecule has 1 aliphatic carbocycles. The Morgan fingerprint density at radius 2 is 1.81 bits per heavy atom. The summed E-state index contributed by atoms with van der Waals surface area (Å²) in [6.45, 7) is 0.831. The number of benzene rings is 1. The van der Waals surface area contributed by atoms with Gasteiger partial charge in [-0.15, -0.1) is 0 Å². The molecule has 0 bridgehead atoms. The molecule has 1 aromatic carbocycles. The van der Waals surface area contributed by atoms with Crippen LogP contribution in [-0.2, 0) is 20.4 Å². The fraction of sp³-hybridized carbons (Fsp3) is 0.632. The summed E-state index contributed by atoms with van der Waals surface area (Å²) >= 11 is 0. The van der Waals surface area contributed by atoms with Gasteiger partial charge in [-0.25, -0.2) is 12.7 Å². The Bertz CT molecular complexity index is 749. The number of ether oxygens (including phenoxy) is 1. The number of rotatable bonds is 5. The minimum absolute atomic E-state index is 0.0333. The van der Waals surface area contributed by atoms with Crippen LogP contribution in [0.2, 0.25) is 0 Å². The number of piperidine rings is 1. The molecular weight excluding hydrogens is 352 g/mol. The Kier molecular flexibility index (Phi) is 5.58. The molecule has 2 aliphatic rings. The number of carbonyl (C=O) groups is 1. The summed E-state index contributed by atoms with van der Waals surface area (Å²) in [5.74, 6) is 0.702. The van der Waals surface area contributed by atoms with E-state index in [0.717, 1.165) is 37.0 Å². The summed E-state index contributed by atoms with van der Waals surface area (Å²) in [4.78, 5) is 13.0. The fourth-order valence-electron chi connectivity index (χ4n) is 4.27. The molecule has 6 nitrogen and oxygen atoms in total. The van der Waals surface area contributed by atoms with Gasteiger partial charge in [0.15, 0.2) is 0 Å². The van der Waals surface area contributed by atoms with E-state index in [1.807, 2.05) is 24.3 Å². The van der Waals surface area contributed by atoms with Crippen molar-refractivity contribution in [2.45, 2.75) is 44.1 Å². The molecule has 1 amide bonds. The maximum absolute atomic E-state index is 13.0. The zero-order valence-electron chi connectivity index (χ0n) is 15.5. The zero-order chi connectivity index (χ0) is 18.8. The number of amides is 1. The van der Waals surface area contributed by atoms with Gasteiger partial charge in [-0.05, 0) is 31.7 Å². The molecule has 1 N–H and O–H groups in total. The Morgan fingerprint density at radius 3 is 2.38 bits per heavy atom. The molecule has 0 aromatic heterocycles. The Balaban J connectivity index is 1.74. The van der Waals surface area contributed by atoms with E-state index in [9.17, 15) is 13.2 Å². The minimum Gasteiger partial charge on any atom is -0.496 e. The van der Waals surface area contributed by atoms with Crippen molar-refractivity contribution in [3.8, 4) is 5.75 Å². The Labute approximate surface area is 156 Å². The van der Waals surface area contributed by atoms with Crippen LogP contribution in [0.3, 0.4) is 0 Å². The molecule has 26 heavy (non-hydrogen) atoms. The quantitative estimate of drug-likeness (QED) is 0.850. The average molecular weight is 381 g/mol. The van der Waals surface area contributed by atoms with Gasteiger partial charge in [0.25, 0.3) is 0 Å². The summed E-state index contributed by atoms with van der Waals surface area (Å²) in [6, 6.07) is 7.89.